The first-order valence-corrected chi connectivity index (χ1v) is 8.99. The Morgan fingerprint density at radius 1 is 1.37 bits per heavy atom. The standard InChI is InChI=1S/C18H23N3O6/c1-12-4-7-20(8-5-12)14-3-2-13(10-15(14)21(25)26)16(22)19-18(17(23)24)6-9-27-11-18/h2-3,10,12H,4-9,11H2,1H3,(H,19,22)(H,23,24). The smallest absolute Gasteiger partial charge is 0.331 e. The summed E-state index contributed by atoms with van der Waals surface area (Å²) >= 11 is 0. The van der Waals surface area contributed by atoms with Crippen molar-refractivity contribution < 1.29 is 24.4 Å². The molecule has 2 N–H and O–H groups in total. The summed E-state index contributed by atoms with van der Waals surface area (Å²) in [6.45, 7) is 3.73. The number of carbonyl (C=O) groups is 2. The van der Waals surface area contributed by atoms with Crippen LogP contribution in [0.5, 0.6) is 0 Å². The fourth-order valence-corrected chi connectivity index (χ4v) is 3.50. The van der Waals surface area contributed by atoms with Crippen LogP contribution in [0.15, 0.2) is 18.2 Å². The fourth-order valence-electron chi connectivity index (χ4n) is 3.50. The van der Waals surface area contributed by atoms with Crippen LogP contribution in [0.4, 0.5) is 11.4 Å². The second-order valence-corrected chi connectivity index (χ2v) is 7.27. The predicted octanol–water partition coefficient (Wildman–Crippen LogP) is 1.80. The maximum atomic E-state index is 12.5. The van der Waals surface area contributed by atoms with Gasteiger partial charge in [0.15, 0.2) is 5.54 Å². The first-order chi connectivity index (χ1) is 12.8. The molecule has 3 rings (SSSR count). The van der Waals surface area contributed by atoms with Gasteiger partial charge < -0.3 is 20.1 Å². The Balaban J connectivity index is 1.84. The van der Waals surface area contributed by atoms with Gasteiger partial charge in [-0.05, 0) is 30.9 Å². The number of carbonyl (C=O) groups excluding carboxylic acids is 1. The molecule has 0 aromatic heterocycles. The third-order valence-corrected chi connectivity index (χ3v) is 5.34. The van der Waals surface area contributed by atoms with E-state index < -0.39 is 22.3 Å². The maximum absolute atomic E-state index is 12.5. The number of rotatable bonds is 5. The molecule has 0 radical (unpaired) electrons. The summed E-state index contributed by atoms with van der Waals surface area (Å²) in [6, 6.07) is 4.29. The number of nitrogens with zero attached hydrogens (tertiary/aromatic N) is 2. The Labute approximate surface area is 156 Å². The van der Waals surface area contributed by atoms with E-state index in [1.54, 1.807) is 6.07 Å². The molecular formula is C18H23N3O6. The van der Waals surface area contributed by atoms with Gasteiger partial charge in [-0.15, -0.1) is 0 Å². The Bertz CT molecular complexity index is 751. The number of anilines is 1. The molecular weight excluding hydrogens is 354 g/mol. The zero-order valence-electron chi connectivity index (χ0n) is 15.1. The average molecular weight is 377 g/mol. The van der Waals surface area contributed by atoms with E-state index >= 15 is 0 Å². The van der Waals surface area contributed by atoms with Gasteiger partial charge >= 0.3 is 5.97 Å². The van der Waals surface area contributed by atoms with Crippen LogP contribution in [0.2, 0.25) is 0 Å². The van der Waals surface area contributed by atoms with Crippen molar-refractivity contribution in [2.45, 2.75) is 31.7 Å². The molecule has 1 unspecified atom stereocenters. The van der Waals surface area contributed by atoms with Gasteiger partial charge in [0.25, 0.3) is 11.6 Å². The van der Waals surface area contributed by atoms with Crippen LogP contribution in [0.25, 0.3) is 0 Å². The second-order valence-electron chi connectivity index (χ2n) is 7.27. The molecule has 9 nitrogen and oxygen atoms in total. The van der Waals surface area contributed by atoms with Gasteiger partial charge in [-0.25, -0.2) is 4.79 Å². The van der Waals surface area contributed by atoms with Crippen LogP contribution >= 0.6 is 0 Å². The summed E-state index contributed by atoms with van der Waals surface area (Å²) in [5, 5.41) is 23.5. The van der Waals surface area contributed by atoms with Crippen LogP contribution in [-0.2, 0) is 9.53 Å². The van der Waals surface area contributed by atoms with Crippen LogP contribution in [0.1, 0.15) is 36.5 Å². The molecule has 0 saturated carbocycles. The summed E-state index contributed by atoms with van der Waals surface area (Å²) in [4.78, 5) is 37.1. The largest absolute Gasteiger partial charge is 0.479 e. The zero-order valence-corrected chi connectivity index (χ0v) is 15.1. The number of nitro groups is 1. The van der Waals surface area contributed by atoms with E-state index in [1.807, 2.05) is 4.90 Å². The number of piperidine rings is 1. The van der Waals surface area contributed by atoms with E-state index in [1.165, 1.54) is 12.1 Å². The molecule has 2 heterocycles. The van der Waals surface area contributed by atoms with E-state index in [9.17, 15) is 24.8 Å². The quantitative estimate of drug-likeness (QED) is 0.592. The third-order valence-electron chi connectivity index (χ3n) is 5.34. The molecule has 1 atom stereocenters. The second kappa shape index (κ2) is 7.51. The van der Waals surface area contributed by atoms with E-state index in [0.29, 0.717) is 11.6 Å². The van der Waals surface area contributed by atoms with Crippen molar-refractivity contribution in [2.24, 2.45) is 5.92 Å². The predicted molar refractivity (Wildman–Crippen MR) is 97.0 cm³/mol. The zero-order chi connectivity index (χ0) is 19.6. The van der Waals surface area contributed by atoms with Gasteiger partial charge in [-0.2, -0.15) is 0 Å². The Morgan fingerprint density at radius 3 is 2.63 bits per heavy atom. The molecule has 2 aliphatic rings. The highest BCUT2D eigenvalue weighted by atomic mass is 16.6. The van der Waals surface area contributed by atoms with Crippen molar-refractivity contribution in [2.75, 3.05) is 31.2 Å². The molecule has 1 aromatic rings. The summed E-state index contributed by atoms with van der Waals surface area (Å²) in [5.41, 5.74) is -1.10. The number of aliphatic carboxylic acids is 1. The number of ether oxygens (including phenoxy) is 1. The lowest BCUT2D eigenvalue weighted by Gasteiger charge is -2.31. The lowest BCUT2D eigenvalue weighted by atomic mass is 9.97. The lowest BCUT2D eigenvalue weighted by molar-refractivity contribution is -0.384. The minimum Gasteiger partial charge on any atom is -0.479 e. The minimum atomic E-state index is -1.49. The summed E-state index contributed by atoms with van der Waals surface area (Å²) in [7, 11) is 0. The molecule has 2 saturated heterocycles. The summed E-state index contributed by atoms with van der Waals surface area (Å²) in [6.07, 6.45) is 2.07. The molecule has 1 aromatic carbocycles. The van der Waals surface area contributed by atoms with Gasteiger partial charge in [0.1, 0.15) is 5.69 Å². The van der Waals surface area contributed by atoms with Crippen molar-refractivity contribution in [3.05, 3.63) is 33.9 Å². The number of nitrogens with one attached hydrogen (secondary N) is 1. The molecule has 2 fully saturated rings. The van der Waals surface area contributed by atoms with Crippen LogP contribution in [-0.4, -0.2) is 53.7 Å². The average Bonchev–Trinajstić information content (AvgIpc) is 3.12. The Kier molecular flexibility index (Phi) is 5.31. The van der Waals surface area contributed by atoms with Crippen molar-refractivity contribution in [3.63, 3.8) is 0 Å². The van der Waals surface area contributed by atoms with E-state index in [4.69, 9.17) is 4.74 Å². The van der Waals surface area contributed by atoms with Gasteiger partial charge in [-0.1, -0.05) is 6.92 Å². The third kappa shape index (κ3) is 3.87. The molecule has 146 valence electrons. The van der Waals surface area contributed by atoms with E-state index in [-0.39, 0.29) is 30.9 Å². The monoisotopic (exact) mass is 377 g/mol. The highest BCUT2D eigenvalue weighted by Gasteiger charge is 2.44. The number of benzene rings is 1. The van der Waals surface area contributed by atoms with Crippen molar-refractivity contribution in [3.8, 4) is 0 Å². The molecule has 0 bridgehead atoms. The lowest BCUT2D eigenvalue weighted by Crippen LogP contribution is -2.55. The molecule has 27 heavy (non-hydrogen) atoms. The van der Waals surface area contributed by atoms with Crippen molar-refractivity contribution in [1.29, 1.82) is 0 Å². The summed E-state index contributed by atoms with van der Waals surface area (Å²) < 4.78 is 5.12. The Hall–Kier alpha value is -2.68. The number of amides is 1. The number of hydrogen-bond donors (Lipinski definition) is 2. The van der Waals surface area contributed by atoms with Gasteiger partial charge in [-0.3, -0.25) is 14.9 Å². The van der Waals surface area contributed by atoms with Crippen molar-refractivity contribution >= 4 is 23.3 Å². The number of nitro benzene ring substituents is 1. The van der Waals surface area contributed by atoms with Gasteiger partial charge in [0.05, 0.1) is 11.5 Å². The van der Waals surface area contributed by atoms with Gasteiger partial charge in [0, 0.05) is 37.7 Å². The molecule has 2 aliphatic heterocycles. The molecule has 0 spiro atoms. The fraction of sp³-hybridized carbons (Fsp3) is 0.556. The van der Waals surface area contributed by atoms with Crippen LogP contribution in [0, 0.1) is 16.0 Å². The van der Waals surface area contributed by atoms with Crippen molar-refractivity contribution in [1.82, 2.24) is 5.32 Å². The number of carboxylic acids is 1. The molecule has 9 heteroatoms. The normalized spacial score (nSPS) is 23.2. The number of carboxylic acid groups (broad SMARTS) is 1. The Morgan fingerprint density at radius 2 is 2.07 bits per heavy atom. The van der Waals surface area contributed by atoms with Crippen LogP contribution < -0.4 is 10.2 Å². The van der Waals surface area contributed by atoms with Gasteiger partial charge in [0.2, 0.25) is 0 Å². The minimum absolute atomic E-state index is 0.0587. The van der Waals surface area contributed by atoms with E-state index in [2.05, 4.69) is 12.2 Å². The molecule has 0 aliphatic carbocycles. The first kappa shape index (κ1) is 19.1. The first-order valence-electron chi connectivity index (χ1n) is 8.99. The SMILES string of the molecule is CC1CCN(c2ccc(C(=O)NC3(C(=O)O)CCOC3)cc2[N+](=O)[O-])CC1. The van der Waals surface area contributed by atoms with Crippen LogP contribution in [0.3, 0.4) is 0 Å². The maximum Gasteiger partial charge on any atom is 0.331 e. The summed E-state index contributed by atoms with van der Waals surface area (Å²) in [5.74, 6) is -1.25. The van der Waals surface area contributed by atoms with E-state index in [0.717, 1.165) is 25.9 Å². The highest BCUT2D eigenvalue weighted by molar-refractivity contribution is 5.99. The number of hydrogen-bond acceptors (Lipinski definition) is 6. The molecule has 1 amide bonds. The topological polar surface area (TPSA) is 122 Å². The highest BCUT2D eigenvalue weighted by Crippen LogP contribution is 2.32.